The average Bonchev–Trinajstić information content (AvgIpc) is 3.32. The lowest BCUT2D eigenvalue weighted by Crippen LogP contribution is -2.33. The Bertz CT molecular complexity index is 1530. The van der Waals surface area contributed by atoms with Gasteiger partial charge in [0.05, 0.1) is 29.0 Å². The van der Waals surface area contributed by atoms with Crippen LogP contribution in [-0.4, -0.2) is 20.4 Å². The van der Waals surface area contributed by atoms with Crippen molar-refractivity contribution >= 4 is 27.5 Å². The van der Waals surface area contributed by atoms with Crippen LogP contribution in [0.25, 0.3) is 10.2 Å². The molecule has 3 heterocycles. The van der Waals surface area contributed by atoms with Crippen LogP contribution in [0.3, 0.4) is 0 Å². The Morgan fingerprint density at radius 1 is 0.972 bits per heavy atom. The molecule has 3 aromatic heterocycles. The summed E-state index contributed by atoms with van der Waals surface area (Å²) in [6, 6.07) is 25.3. The van der Waals surface area contributed by atoms with Crippen LogP contribution in [0.15, 0.2) is 89.9 Å². The second-order valence-corrected chi connectivity index (χ2v) is 9.74. The SMILES string of the molecule is Cc1cc(=O)c(C(=O)NCc2nc3ccccc3s2)c(CCc2ccccc2)n1Cc1ccccn1. The maximum absolute atomic E-state index is 13.4. The maximum Gasteiger partial charge on any atom is 0.257 e. The fourth-order valence-corrected chi connectivity index (χ4v) is 5.26. The second-order valence-electron chi connectivity index (χ2n) is 8.62. The number of nitrogens with zero attached hydrogens (tertiary/aromatic N) is 3. The van der Waals surface area contributed by atoms with E-state index in [1.807, 2.05) is 72.2 Å². The molecule has 180 valence electrons. The minimum atomic E-state index is -0.378. The lowest BCUT2D eigenvalue weighted by atomic mass is 10.0. The van der Waals surface area contributed by atoms with Crippen LogP contribution in [0.2, 0.25) is 0 Å². The highest BCUT2D eigenvalue weighted by atomic mass is 32.1. The minimum Gasteiger partial charge on any atom is -0.345 e. The molecule has 2 aromatic carbocycles. The molecule has 36 heavy (non-hydrogen) atoms. The van der Waals surface area contributed by atoms with Crippen LogP contribution >= 0.6 is 11.3 Å². The number of carbonyl (C=O) groups excluding carboxylic acids is 1. The number of aromatic nitrogens is 3. The molecule has 0 saturated heterocycles. The van der Waals surface area contributed by atoms with Crippen molar-refractivity contribution in [1.29, 1.82) is 0 Å². The van der Waals surface area contributed by atoms with Crippen LogP contribution in [-0.2, 0) is 25.9 Å². The summed E-state index contributed by atoms with van der Waals surface area (Å²) < 4.78 is 3.11. The van der Waals surface area contributed by atoms with E-state index in [-0.39, 0.29) is 23.4 Å². The van der Waals surface area contributed by atoms with Gasteiger partial charge in [-0.1, -0.05) is 48.5 Å². The Kier molecular flexibility index (Phi) is 7.00. The van der Waals surface area contributed by atoms with E-state index in [1.54, 1.807) is 23.6 Å². The predicted octanol–water partition coefficient (Wildman–Crippen LogP) is 4.92. The van der Waals surface area contributed by atoms with E-state index in [0.717, 1.165) is 37.9 Å². The van der Waals surface area contributed by atoms with Gasteiger partial charge in [-0.3, -0.25) is 14.6 Å². The highest BCUT2D eigenvalue weighted by Crippen LogP contribution is 2.21. The number of fused-ring (bicyclic) bond motifs is 1. The fraction of sp³-hybridized carbons (Fsp3) is 0.172. The van der Waals surface area contributed by atoms with Crippen LogP contribution in [0.4, 0.5) is 0 Å². The molecule has 1 N–H and O–H groups in total. The Morgan fingerprint density at radius 2 is 1.75 bits per heavy atom. The highest BCUT2D eigenvalue weighted by molar-refractivity contribution is 7.18. The first-order valence-electron chi connectivity index (χ1n) is 11.9. The van der Waals surface area contributed by atoms with Crippen molar-refractivity contribution in [3.8, 4) is 0 Å². The Hall–Kier alpha value is -4.10. The lowest BCUT2D eigenvalue weighted by Gasteiger charge is -2.20. The number of nitrogens with one attached hydrogen (secondary N) is 1. The van der Waals surface area contributed by atoms with Crippen molar-refractivity contribution in [2.45, 2.75) is 32.9 Å². The normalized spacial score (nSPS) is 11.0. The van der Waals surface area contributed by atoms with Crippen molar-refractivity contribution in [2.24, 2.45) is 0 Å². The van der Waals surface area contributed by atoms with E-state index in [0.29, 0.717) is 19.4 Å². The summed E-state index contributed by atoms with van der Waals surface area (Å²) in [7, 11) is 0. The molecule has 0 aliphatic heterocycles. The van der Waals surface area contributed by atoms with Gasteiger partial charge in [0.2, 0.25) is 0 Å². The summed E-state index contributed by atoms with van der Waals surface area (Å²) in [6.45, 7) is 2.65. The molecule has 0 atom stereocenters. The molecule has 7 heteroatoms. The van der Waals surface area contributed by atoms with E-state index >= 15 is 0 Å². The zero-order valence-electron chi connectivity index (χ0n) is 20.0. The van der Waals surface area contributed by atoms with Gasteiger partial charge in [-0.2, -0.15) is 0 Å². The summed E-state index contributed by atoms with van der Waals surface area (Å²) in [4.78, 5) is 35.7. The maximum atomic E-state index is 13.4. The molecule has 0 unspecified atom stereocenters. The molecular weight excluding hydrogens is 468 g/mol. The number of hydrogen-bond donors (Lipinski definition) is 1. The van der Waals surface area contributed by atoms with Gasteiger partial charge in [0.15, 0.2) is 5.43 Å². The number of thiazole rings is 1. The molecule has 0 spiro atoms. The first-order valence-corrected chi connectivity index (χ1v) is 12.7. The summed E-state index contributed by atoms with van der Waals surface area (Å²) in [5, 5.41) is 3.75. The van der Waals surface area contributed by atoms with Gasteiger partial charge in [-0.15, -0.1) is 11.3 Å². The Labute approximate surface area is 213 Å². The second kappa shape index (κ2) is 10.7. The molecule has 0 radical (unpaired) electrons. The van der Waals surface area contributed by atoms with Gasteiger partial charge < -0.3 is 9.88 Å². The lowest BCUT2D eigenvalue weighted by molar-refractivity contribution is 0.0947. The molecular formula is C29H26N4O2S. The molecule has 0 aliphatic carbocycles. The topological polar surface area (TPSA) is 76.9 Å². The molecule has 5 rings (SSSR count). The van der Waals surface area contributed by atoms with E-state index in [4.69, 9.17) is 0 Å². The van der Waals surface area contributed by atoms with Crippen molar-refractivity contribution in [2.75, 3.05) is 0 Å². The van der Waals surface area contributed by atoms with Crippen molar-refractivity contribution < 1.29 is 4.79 Å². The Morgan fingerprint density at radius 3 is 2.53 bits per heavy atom. The fourth-order valence-electron chi connectivity index (χ4n) is 4.35. The molecule has 1 amide bonds. The number of amides is 1. The van der Waals surface area contributed by atoms with Crippen LogP contribution in [0.1, 0.15) is 38.0 Å². The summed E-state index contributed by atoms with van der Waals surface area (Å²) in [5.74, 6) is -0.378. The van der Waals surface area contributed by atoms with Crippen molar-refractivity contribution in [3.63, 3.8) is 0 Å². The molecule has 6 nitrogen and oxygen atoms in total. The summed E-state index contributed by atoms with van der Waals surface area (Å²) in [5.41, 5.74) is 4.36. The number of aryl methyl sites for hydroxylation is 2. The van der Waals surface area contributed by atoms with Gasteiger partial charge >= 0.3 is 0 Å². The van der Waals surface area contributed by atoms with E-state index in [2.05, 4.69) is 27.4 Å². The predicted molar refractivity (Wildman–Crippen MR) is 143 cm³/mol. The number of carbonyl (C=O) groups is 1. The zero-order chi connectivity index (χ0) is 24.9. The number of pyridine rings is 2. The third kappa shape index (κ3) is 5.26. The Balaban J connectivity index is 1.48. The summed E-state index contributed by atoms with van der Waals surface area (Å²) in [6.07, 6.45) is 3.02. The van der Waals surface area contributed by atoms with Gasteiger partial charge in [0.25, 0.3) is 5.91 Å². The quantitative estimate of drug-likeness (QED) is 0.332. The van der Waals surface area contributed by atoms with Crippen molar-refractivity contribution in [3.05, 3.63) is 128 Å². The first-order chi connectivity index (χ1) is 17.6. The number of para-hydroxylation sites is 1. The minimum absolute atomic E-state index is 0.188. The highest BCUT2D eigenvalue weighted by Gasteiger charge is 2.21. The summed E-state index contributed by atoms with van der Waals surface area (Å²) >= 11 is 1.54. The first kappa shape index (κ1) is 23.6. The third-order valence-corrected chi connectivity index (χ3v) is 7.17. The van der Waals surface area contributed by atoms with E-state index in [1.165, 1.54) is 0 Å². The third-order valence-electron chi connectivity index (χ3n) is 6.13. The number of hydrogen-bond acceptors (Lipinski definition) is 5. The molecule has 0 saturated carbocycles. The molecule has 0 bridgehead atoms. The molecule has 5 aromatic rings. The largest absolute Gasteiger partial charge is 0.345 e. The van der Waals surface area contributed by atoms with Crippen LogP contribution < -0.4 is 10.7 Å². The van der Waals surface area contributed by atoms with Gasteiger partial charge in [-0.25, -0.2) is 4.98 Å². The average molecular weight is 495 g/mol. The smallest absolute Gasteiger partial charge is 0.257 e. The zero-order valence-corrected chi connectivity index (χ0v) is 20.8. The van der Waals surface area contributed by atoms with E-state index < -0.39 is 0 Å². The monoisotopic (exact) mass is 494 g/mol. The van der Waals surface area contributed by atoms with Crippen LogP contribution in [0, 0.1) is 6.92 Å². The number of benzene rings is 2. The molecule has 0 aliphatic rings. The van der Waals surface area contributed by atoms with Gasteiger partial charge in [0.1, 0.15) is 10.6 Å². The standard InChI is InChI=1S/C29H26N4O2S/c1-20-17-25(34)28(29(35)31-18-27-32-23-12-5-6-13-26(23)36-27)24(15-14-21-9-3-2-4-10-21)33(20)19-22-11-7-8-16-30-22/h2-13,16-17H,14-15,18-19H2,1H3,(H,31,35). The van der Waals surface area contributed by atoms with Crippen molar-refractivity contribution in [1.82, 2.24) is 19.9 Å². The van der Waals surface area contributed by atoms with Crippen LogP contribution in [0.5, 0.6) is 0 Å². The number of rotatable bonds is 8. The van der Waals surface area contributed by atoms with E-state index in [9.17, 15) is 9.59 Å². The van der Waals surface area contributed by atoms with Gasteiger partial charge in [0, 0.05) is 23.7 Å². The molecule has 0 fully saturated rings. The van der Waals surface area contributed by atoms with Gasteiger partial charge in [-0.05, 0) is 49.6 Å².